The van der Waals surface area contributed by atoms with Gasteiger partial charge in [0.05, 0.1) is 19.1 Å². The van der Waals surface area contributed by atoms with Gasteiger partial charge in [0.25, 0.3) is 11.8 Å². The third-order valence-electron chi connectivity index (χ3n) is 6.33. The Hall–Kier alpha value is -3.68. The minimum absolute atomic E-state index is 0.0671. The van der Waals surface area contributed by atoms with E-state index in [9.17, 15) is 28.4 Å². The van der Waals surface area contributed by atoms with E-state index >= 15 is 0 Å². The van der Waals surface area contributed by atoms with Gasteiger partial charge in [-0.05, 0) is 37.5 Å². The lowest BCUT2D eigenvalue weighted by atomic mass is 9.92. The number of nitrogens with zero attached hydrogens (tertiary/aromatic N) is 1. The summed E-state index contributed by atoms with van der Waals surface area (Å²) in [4.78, 5) is 40.7. The Bertz CT molecular complexity index is 1160. The van der Waals surface area contributed by atoms with E-state index in [2.05, 4.69) is 20.9 Å². The summed E-state index contributed by atoms with van der Waals surface area (Å²) in [5.74, 6) is -6.21. The summed E-state index contributed by atoms with van der Waals surface area (Å²) >= 11 is 0. The van der Waals surface area contributed by atoms with Crippen molar-refractivity contribution >= 4 is 28.6 Å². The Balaban J connectivity index is 1.48. The fraction of sp³-hybridized carbons (Fsp3) is 0.478. The standard InChI is InChI=1S/C23H25F2N5O4/c1-34-18-6-2-5-16-14(18)9-17(29-16)21(32)30-19(15-10-23(15,24)25)22(33)28-13(11-26)8-12-4-3-7-27-20(12)31/h2,5-6,9,12-13,15,19,29H,3-4,7-8,10H2,1H3,(H,27,31)(H,28,33)(H,30,32)/t12-,13-,15?,19?/m0/s1. The molecule has 9 nitrogen and oxygen atoms in total. The van der Waals surface area contributed by atoms with Crippen LogP contribution in [0.15, 0.2) is 24.3 Å². The fourth-order valence-corrected chi connectivity index (χ4v) is 4.34. The number of hydrogen-bond acceptors (Lipinski definition) is 5. The number of aromatic nitrogens is 1. The van der Waals surface area contributed by atoms with Gasteiger partial charge in [0, 0.05) is 29.8 Å². The highest BCUT2D eigenvalue weighted by Gasteiger charge is 2.62. The van der Waals surface area contributed by atoms with Gasteiger partial charge in [0.2, 0.25) is 11.8 Å². The number of amides is 3. The first-order chi connectivity index (χ1) is 16.2. The minimum atomic E-state index is -3.09. The molecule has 1 aliphatic heterocycles. The van der Waals surface area contributed by atoms with Crippen molar-refractivity contribution in [3.63, 3.8) is 0 Å². The number of ether oxygens (including phenoxy) is 1. The van der Waals surface area contributed by atoms with Crippen LogP contribution in [-0.2, 0) is 9.59 Å². The molecule has 4 N–H and O–H groups in total. The van der Waals surface area contributed by atoms with Crippen LogP contribution >= 0.6 is 0 Å². The van der Waals surface area contributed by atoms with E-state index in [-0.39, 0.29) is 18.0 Å². The van der Waals surface area contributed by atoms with E-state index in [1.54, 1.807) is 18.2 Å². The molecule has 1 aromatic carbocycles. The van der Waals surface area contributed by atoms with Crippen molar-refractivity contribution in [3.05, 3.63) is 30.0 Å². The number of alkyl halides is 2. The molecule has 4 atom stereocenters. The monoisotopic (exact) mass is 473 g/mol. The highest BCUT2D eigenvalue weighted by molar-refractivity contribution is 6.01. The molecular formula is C23H25F2N5O4. The summed E-state index contributed by atoms with van der Waals surface area (Å²) in [6.07, 6.45) is 0.848. The Morgan fingerprint density at radius 2 is 2.12 bits per heavy atom. The number of benzene rings is 1. The molecular weight excluding hydrogens is 448 g/mol. The quantitative estimate of drug-likeness (QED) is 0.464. The van der Waals surface area contributed by atoms with Crippen LogP contribution in [0.1, 0.15) is 36.2 Å². The third kappa shape index (κ3) is 4.81. The van der Waals surface area contributed by atoms with Gasteiger partial charge in [-0.3, -0.25) is 14.4 Å². The summed E-state index contributed by atoms with van der Waals surface area (Å²) in [6.45, 7) is 0.559. The zero-order chi connectivity index (χ0) is 24.5. The van der Waals surface area contributed by atoms with E-state index in [4.69, 9.17) is 4.74 Å². The number of rotatable bonds is 8. The zero-order valence-electron chi connectivity index (χ0n) is 18.5. The number of nitriles is 1. The number of nitrogens with one attached hydrogen (secondary N) is 4. The van der Waals surface area contributed by atoms with Crippen molar-refractivity contribution in [2.45, 2.75) is 43.7 Å². The van der Waals surface area contributed by atoms with Crippen LogP contribution in [0.2, 0.25) is 0 Å². The van der Waals surface area contributed by atoms with Crippen molar-refractivity contribution in [2.75, 3.05) is 13.7 Å². The normalized spacial score (nSPS) is 22.7. The molecule has 34 heavy (non-hydrogen) atoms. The summed E-state index contributed by atoms with van der Waals surface area (Å²) < 4.78 is 33.1. The molecule has 180 valence electrons. The number of hydrogen-bond donors (Lipinski definition) is 4. The molecule has 3 amide bonds. The van der Waals surface area contributed by atoms with Crippen LogP contribution < -0.4 is 20.7 Å². The lowest BCUT2D eigenvalue weighted by Gasteiger charge is -2.25. The molecule has 1 aliphatic carbocycles. The van der Waals surface area contributed by atoms with Crippen molar-refractivity contribution in [1.82, 2.24) is 20.9 Å². The van der Waals surface area contributed by atoms with Crippen molar-refractivity contribution in [2.24, 2.45) is 11.8 Å². The molecule has 1 saturated heterocycles. The van der Waals surface area contributed by atoms with Gasteiger partial charge in [0.15, 0.2) is 0 Å². The predicted octanol–water partition coefficient (Wildman–Crippen LogP) is 1.85. The summed E-state index contributed by atoms with van der Waals surface area (Å²) in [7, 11) is 1.49. The van der Waals surface area contributed by atoms with E-state index in [1.165, 1.54) is 13.2 Å². The molecule has 2 fully saturated rings. The van der Waals surface area contributed by atoms with Crippen LogP contribution in [0.5, 0.6) is 5.75 Å². The second-order valence-corrected chi connectivity index (χ2v) is 8.68. The lowest BCUT2D eigenvalue weighted by Crippen LogP contribution is -2.52. The average molecular weight is 473 g/mol. The number of fused-ring (bicyclic) bond motifs is 1. The van der Waals surface area contributed by atoms with Crippen LogP contribution in [0.3, 0.4) is 0 Å². The van der Waals surface area contributed by atoms with Crippen LogP contribution in [0, 0.1) is 23.2 Å². The molecule has 2 aromatic rings. The molecule has 1 saturated carbocycles. The number of piperidine rings is 1. The number of halogens is 2. The molecule has 1 aromatic heterocycles. The fourth-order valence-electron chi connectivity index (χ4n) is 4.34. The first kappa shape index (κ1) is 23.5. The first-order valence-corrected chi connectivity index (χ1v) is 11.1. The van der Waals surface area contributed by atoms with Gasteiger partial charge in [-0.2, -0.15) is 5.26 Å². The Labute approximate surface area is 194 Å². The molecule has 4 rings (SSSR count). The SMILES string of the molecule is COc1cccc2[nH]c(C(=O)NC(C(=O)N[C@H](C#N)C[C@@H]3CCCNC3=O)C3CC3(F)F)cc12. The second kappa shape index (κ2) is 9.29. The molecule has 2 heterocycles. The van der Waals surface area contributed by atoms with Gasteiger partial charge >= 0.3 is 0 Å². The molecule has 2 aliphatic rings. The molecule has 11 heteroatoms. The predicted molar refractivity (Wildman–Crippen MR) is 117 cm³/mol. The largest absolute Gasteiger partial charge is 0.496 e. The van der Waals surface area contributed by atoms with Crippen LogP contribution in [0.25, 0.3) is 10.9 Å². The van der Waals surface area contributed by atoms with Gasteiger partial charge < -0.3 is 25.7 Å². The highest BCUT2D eigenvalue weighted by Crippen LogP contribution is 2.50. The molecule has 2 unspecified atom stereocenters. The Morgan fingerprint density at radius 1 is 1.35 bits per heavy atom. The zero-order valence-corrected chi connectivity index (χ0v) is 18.5. The smallest absolute Gasteiger partial charge is 0.268 e. The maximum absolute atomic E-state index is 13.9. The number of H-pyrrole nitrogens is 1. The Morgan fingerprint density at radius 3 is 2.76 bits per heavy atom. The summed E-state index contributed by atoms with van der Waals surface area (Å²) in [5, 5.41) is 17.6. The van der Waals surface area contributed by atoms with E-state index < -0.39 is 48.1 Å². The van der Waals surface area contributed by atoms with Crippen molar-refractivity contribution in [1.29, 1.82) is 5.26 Å². The van der Waals surface area contributed by atoms with Gasteiger partial charge in [0.1, 0.15) is 23.5 Å². The van der Waals surface area contributed by atoms with Crippen LogP contribution in [0.4, 0.5) is 8.78 Å². The van der Waals surface area contributed by atoms with E-state index in [0.29, 0.717) is 29.6 Å². The van der Waals surface area contributed by atoms with Crippen LogP contribution in [-0.4, -0.2) is 54.4 Å². The second-order valence-electron chi connectivity index (χ2n) is 8.68. The summed E-state index contributed by atoms with van der Waals surface area (Å²) in [6, 6.07) is 6.03. The average Bonchev–Trinajstić information content (AvgIpc) is 3.23. The topological polar surface area (TPSA) is 136 Å². The summed E-state index contributed by atoms with van der Waals surface area (Å²) in [5.41, 5.74) is 0.689. The van der Waals surface area contributed by atoms with Gasteiger partial charge in [-0.15, -0.1) is 0 Å². The van der Waals surface area contributed by atoms with Gasteiger partial charge in [-0.25, -0.2) is 8.78 Å². The number of methoxy groups -OCH3 is 1. The van der Waals surface area contributed by atoms with Gasteiger partial charge in [-0.1, -0.05) is 6.07 Å². The minimum Gasteiger partial charge on any atom is -0.496 e. The number of carbonyl (C=O) groups excluding carboxylic acids is 3. The molecule has 0 bridgehead atoms. The first-order valence-electron chi connectivity index (χ1n) is 11.1. The molecule has 0 spiro atoms. The van der Waals surface area contributed by atoms with E-state index in [1.807, 2.05) is 6.07 Å². The lowest BCUT2D eigenvalue weighted by molar-refractivity contribution is -0.128. The highest BCUT2D eigenvalue weighted by atomic mass is 19.3. The third-order valence-corrected chi connectivity index (χ3v) is 6.33. The van der Waals surface area contributed by atoms with E-state index in [0.717, 1.165) is 6.42 Å². The molecule has 0 radical (unpaired) electrons. The van der Waals surface area contributed by atoms with Crippen molar-refractivity contribution < 1.29 is 27.9 Å². The number of carbonyl (C=O) groups is 3. The van der Waals surface area contributed by atoms with Crippen molar-refractivity contribution in [3.8, 4) is 11.8 Å². The maximum atomic E-state index is 13.9. The Kier molecular flexibility index (Phi) is 6.41. The maximum Gasteiger partial charge on any atom is 0.268 e. The number of aromatic amines is 1.